The number of aromatic nitrogens is 3. The molecule has 1 aromatic rings. The summed E-state index contributed by atoms with van der Waals surface area (Å²) in [7, 11) is 0. The van der Waals surface area contributed by atoms with Crippen molar-refractivity contribution in [3.63, 3.8) is 0 Å². The molecule has 2 heterocycles. The van der Waals surface area contributed by atoms with Crippen LogP contribution in [0.4, 0.5) is 0 Å². The molecule has 4 nitrogen and oxygen atoms in total. The molecule has 1 atom stereocenters. The zero-order valence-electron chi connectivity index (χ0n) is 8.32. The molecular weight excluding hydrogens is 176 g/mol. The first kappa shape index (κ1) is 8.41. The van der Waals surface area contributed by atoms with Crippen molar-refractivity contribution in [2.24, 2.45) is 5.73 Å². The molecule has 2 N–H and O–H groups in total. The van der Waals surface area contributed by atoms with Crippen LogP contribution in [-0.4, -0.2) is 20.8 Å². The molecule has 1 unspecified atom stereocenters. The van der Waals surface area contributed by atoms with Crippen molar-refractivity contribution >= 4 is 0 Å². The van der Waals surface area contributed by atoms with Crippen molar-refractivity contribution in [3.8, 4) is 0 Å². The standard InChI is InChI=1S/C10H16N4/c11-8-4-5-9-12-13-10(14(9)6-8)7-2-1-3-7/h7-8H,1-6,11H2. The molecule has 14 heavy (non-hydrogen) atoms. The molecule has 1 aliphatic heterocycles. The van der Waals surface area contributed by atoms with E-state index < -0.39 is 0 Å². The monoisotopic (exact) mass is 192 g/mol. The van der Waals surface area contributed by atoms with Crippen LogP contribution in [0.3, 0.4) is 0 Å². The number of nitrogens with two attached hydrogens (primary N) is 1. The van der Waals surface area contributed by atoms with Gasteiger partial charge in [0.05, 0.1) is 0 Å². The lowest BCUT2D eigenvalue weighted by Crippen LogP contribution is -2.33. The van der Waals surface area contributed by atoms with E-state index in [0.717, 1.165) is 25.2 Å². The van der Waals surface area contributed by atoms with Crippen LogP contribution in [-0.2, 0) is 13.0 Å². The Hall–Kier alpha value is -0.900. The fourth-order valence-corrected chi connectivity index (χ4v) is 2.34. The average Bonchev–Trinajstić information content (AvgIpc) is 2.46. The summed E-state index contributed by atoms with van der Waals surface area (Å²) in [6, 6.07) is 0.303. The van der Waals surface area contributed by atoms with Gasteiger partial charge >= 0.3 is 0 Å². The van der Waals surface area contributed by atoms with E-state index in [-0.39, 0.29) is 0 Å². The van der Waals surface area contributed by atoms with Crippen LogP contribution in [0, 0.1) is 0 Å². The molecule has 0 bridgehead atoms. The Kier molecular flexibility index (Phi) is 1.83. The Bertz CT molecular complexity index is 340. The first-order valence-corrected chi connectivity index (χ1v) is 5.52. The second-order valence-electron chi connectivity index (χ2n) is 4.51. The molecule has 1 fully saturated rings. The van der Waals surface area contributed by atoms with Gasteiger partial charge in [-0.15, -0.1) is 10.2 Å². The molecule has 1 saturated carbocycles. The van der Waals surface area contributed by atoms with Gasteiger partial charge in [0, 0.05) is 24.9 Å². The summed E-state index contributed by atoms with van der Waals surface area (Å²) in [5, 5.41) is 8.56. The SMILES string of the molecule is NC1CCc2nnc(C3CCC3)n2C1. The van der Waals surface area contributed by atoms with Gasteiger partial charge in [-0.25, -0.2) is 0 Å². The van der Waals surface area contributed by atoms with Gasteiger partial charge in [0.2, 0.25) is 0 Å². The van der Waals surface area contributed by atoms with Crippen molar-refractivity contribution in [2.75, 3.05) is 0 Å². The van der Waals surface area contributed by atoms with Crippen LogP contribution in [0.15, 0.2) is 0 Å². The predicted octanol–water partition coefficient (Wildman–Crippen LogP) is 0.819. The maximum atomic E-state index is 5.96. The maximum absolute atomic E-state index is 5.96. The zero-order chi connectivity index (χ0) is 9.54. The Morgan fingerprint density at radius 3 is 2.79 bits per heavy atom. The summed E-state index contributed by atoms with van der Waals surface area (Å²) < 4.78 is 2.26. The van der Waals surface area contributed by atoms with Gasteiger partial charge in [0.15, 0.2) is 0 Å². The smallest absolute Gasteiger partial charge is 0.136 e. The maximum Gasteiger partial charge on any atom is 0.136 e. The lowest BCUT2D eigenvalue weighted by atomic mass is 9.84. The molecule has 0 radical (unpaired) electrons. The summed E-state index contributed by atoms with van der Waals surface area (Å²) in [4.78, 5) is 0. The van der Waals surface area contributed by atoms with Gasteiger partial charge < -0.3 is 10.3 Å². The largest absolute Gasteiger partial charge is 0.326 e. The van der Waals surface area contributed by atoms with E-state index in [2.05, 4.69) is 14.8 Å². The van der Waals surface area contributed by atoms with Crippen LogP contribution < -0.4 is 5.73 Å². The van der Waals surface area contributed by atoms with E-state index in [1.165, 1.54) is 25.1 Å². The highest BCUT2D eigenvalue weighted by molar-refractivity contribution is 5.08. The van der Waals surface area contributed by atoms with Crippen LogP contribution in [0.1, 0.15) is 43.3 Å². The number of hydrogen-bond donors (Lipinski definition) is 1. The van der Waals surface area contributed by atoms with E-state index in [9.17, 15) is 0 Å². The average molecular weight is 192 g/mol. The molecule has 0 spiro atoms. The van der Waals surface area contributed by atoms with Gasteiger partial charge in [-0.2, -0.15) is 0 Å². The second kappa shape index (κ2) is 3.05. The lowest BCUT2D eigenvalue weighted by Gasteiger charge is -2.28. The summed E-state index contributed by atoms with van der Waals surface area (Å²) in [6.45, 7) is 0.925. The molecule has 76 valence electrons. The molecule has 4 heteroatoms. The molecule has 3 rings (SSSR count). The van der Waals surface area contributed by atoms with E-state index in [1.54, 1.807) is 0 Å². The van der Waals surface area contributed by atoms with Crippen LogP contribution in [0.5, 0.6) is 0 Å². The molecule has 0 aromatic carbocycles. The number of nitrogens with zero attached hydrogens (tertiary/aromatic N) is 3. The lowest BCUT2D eigenvalue weighted by molar-refractivity contribution is 0.365. The minimum Gasteiger partial charge on any atom is -0.326 e. The normalized spacial score (nSPS) is 27.1. The number of aryl methyl sites for hydroxylation is 1. The van der Waals surface area contributed by atoms with E-state index in [1.807, 2.05) is 0 Å². The summed E-state index contributed by atoms with van der Waals surface area (Å²) in [6.07, 6.45) is 5.98. The van der Waals surface area contributed by atoms with Gasteiger partial charge in [-0.05, 0) is 19.3 Å². The number of fused-ring (bicyclic) bond motifs is 1. The Morgan fingerprint density at radius 1 is 1.21 bits per heavy atom. The molecule has 1 aromatic heterocycles. The number of hydrogen-bond acceptors (Lipinski definition) is 3. The van der Waals surface area contributed by atoms with Crippen LogP contribution >= 0.6 is 0 Å². The Morgan fingerprint density at radius 2 is 2.07 bits per heavy atom. The third kappa shape index (κ3) is 1.17. The molecule has 1 aliphatic carbocycles. The van der Waals surface area contributed by atoms with Crippen LogP contribution in [0.25, 0.3) is 0 Å². The highest BCUT2D eigenvalue weighted by atomic mass is 15.3. The summed E-state index contributed by atoms with van der Waals surface area (Å²) >= 11 is 0. The van der Waals surface area contributed by atoms with Crippen molar-refractivity contribution in [1.82, 2.24) is 14.8 Å². The fraction of sp³-hybridized carbons (Fsp3) is 0.800. The van der Waals surface area contributed by atoms with Gasteiger partial charge in [0.1, 0.15) is 11.6 Å². The third-order valence-electron chi connectivity index (χ3n) is 3.48. The summed E-state index contributed by atoms with van der Waals surface area (Å²) in [5.74, 6) is 3.01. The first-order chi connectivity index (χ1) is 6.84. The predicted molar refractivity (Wildman–Crippen MR) is 52.9 cm³/mol. The quantitative estimate of drug-likeness (QED) is 0.716. The highest BCUT2D eigenvalue weighted by Gasteiger charge is 2.28. The van der Waals surface area contributed by atoms with Gasteiger partial charge in [-0.1, -0.05) is 6.42 Å². The highest BCUT2D eigenvalue weighted by Crippen LogP contribution is 2.36. The third-order valence-corrected chi connectivity index (χ3v) is 3.48. The zero-order valence-corrected chi connectivity index (χ0v) is 8.32. The number of rotatable bonds is 1. The van der Waals surface area contributed by atoms with E-state index in [4.69, 9.17) is 5.73 Å². The van der Waals surface area contributed by atoms with Gasteiger partial charge in [-0.3, -0.25) is 0 Å². The van der Waals surface area contributed by atoms with E-state index >= 15 is 0 Å². The second-order valence-corrected chi connectivity index (χ2v) is 4.51. The first-order valence-electron chi connectivity index (χ1n) is 5.52. The van der Waals surface area contributed by atoms with Gasteiger partial charge in [0.25, 0.3) is 0 Å². The minimum atomic E-state index is 0.303. The Balaban J connectivity index is 1.93. The molecular formula is C10H16N4. The molecule has 0 amide bonds. The van der Waals surface area contributed by atoms with Crippen molar-refractivity contribution in [1.29, 1.82) is 0 Å². The Labute approximate surface area is 83.5 Å². The van der Waals surface area contributed by atoms with E-state index in [0.29, 0.717) is 12.0 Å². The summed E-state index contributed by atoms with van der Waals surface area (Å²) in [5.41, 5.74) is 5.96. The van der Waals surface area contributed by atoms with Crippen molar-refractivity contribution < 1.29 is 0 Å². The fourth-order valence-electron chi connectivity index (χ4n) is 2.34. The van der Waals surface area contributed by atoms with Crippen molar-refractivity contribution in [2.45, 2.75) is 50.6 Å². The van der Waals surface area contributed by atoms with Crippen LogP contribution in [0.2, 0.25) is 0 Å². The molecule has 0 saturated heterocycles. The minimum absolute atomic E-state index is 0.303. The van der Waals surface area contributed by atoms with Crippen molar-refractivity contribution in [3.05, 3.63) is 11.6 Å². The molecule has 2 aliphatic rings. The topological polar surface area (TPSA) is 56.7 Å².